The Hall–Kier alpha value is 0.657. The first-order chi connectivity index (χ1) is 5.97. The van der Waals surface area contributed by atoms with Crippen molar-refractivity contribution < 1.29 is 4.43 Å². The average molecular weight is 265 g/mol. The fourth-order valence-corrected chi connectivity index (χ4v) is 4.57. The van der Waals surface area contributed by atoms with Gasteiger partial charge in [0.25, 0.3) is 0 Å². The normalized spacial score (nSPS) is 22.2. The summed E-state index contributed by atoms with van der Waals surface area (Å²) in [6.07, 6.45) is 6.47. The van der Waals surface area contributed by atoms with Crippen LogP contribution >= 0.6 is 15.9 Å². The van der Waals surface area contributed by atoms with Gasteiger partial charge in [-0.05, 0) is 38.9 Å². The molecular formula is C10H21BrOSi. The molecule has 1 rings (SSSR count). The van der Waals surface area contributed by atoms with E-state index in [0.29, 0.717) is 0 Å². The summed E-state index contributed by atoms with van der Waals surface area (Å²) in [4.78, 5) is 0. The van der Waals surface area contributed by atoms with Gasteiger partial charge in [-0.2, -0.15) is 0 Å². The summed E-state index contributed by atoms with van der Waals surface area (Å²) in [6.45, 7) is 6.88. The van der Waals surface area contributed by atoms with Crippen molar-refractivity contribution in [2.24, 2.45) is 0 Å². The van der Waals surface area contributed by atoms with Gasteiger partial charge in [-0.3, -0.25) is 0 Å². The zero-order valence-electron chi connectivity index (χ0n) is 9.03. The van der Waals surface area contributed by atoms with Crippen molar-refractivity contribution in [3.8, 4) is 0 Å². The van der Waals surface area contributed by atoms with Gasteiger partial charge in [0, 0.05) is 5.33 Å². The number of rotatable bonds is 4. The highest BCUT2D eigenvalue weighted by Crippen LogP contribution is 2.38. The van der Waals surface area contributed by atoms with Crippen molar-refractivity contribution in [2.75, 3.05) is 5.33 Å². The molecule has 1 fully saturated rings. The lowest BCUT2D eigenvalue weighted by Crippen LogP contribution is -2.41. The van der Waals surface area contributed by atoms with Gasteiger partial charge >= 0.3 is 0 Å². The van der Waals surface area contributed by atoms with Gasteiger partial charge in [0.1, 0.15) is 0 Å². The van der Waals surface area contributed by atoms with Crippen LogP contribution in [0.1, 0.15) is 32.1 Å². The lowest BCUT2D eigenvalue weighted by molar-refractivity contribution is 0.0655. The van der Waals surface area contributed by atoms with Gasteiger partial charge in [0.15, 0.2) is 8.32 Å². The molecule has 1 aliphatic carbocycles. The quantitative estimate of drug-likeness (QED) is 0.552. The molecule has 78 valence electrons. The molecule has 0 spiro atoms. The maximum absolute atomic E-state index is 6.34. The molecule has 1 saturated carbocycles. The van der Waals surface area contributed by atoms with Gasteiger partial charge < -0.3 is 4.43 Å². The highest BCUT2D eigenvalue weighted by molar-refractivity contribution is 9.09. The minimum absolute atomic E-state index is 0.244. The summed E-state index contributed by atoms with van der Waals surface area (Å²) >= 11 is 3.54. The summed E-state index contributed by atoms with van der Waals surface area (Å²) in [5.41, 5.74) is 0.244. The van der Waals surface area contributed by atoms with E-state index in [1.165, 1.54) is 32.1 Å². The summed E-state index contributed by atoms with van der Waals surface area (Å²) < 4.78 is 6.34. The van der Waals surface area contributed by atoms with Crippen molar-refractivity contribution >= 4 is 24.2 Å². The van der Waals surface area contributed by atoms with E-state index in [1.54, 1.807) is 0 Å². The van der Waals surface area contributed by atoms with Gasteiger partial charge in [-0.15, -0.1) is 0 Å². The molecule has 1 nitrogen and oxygen atoms in total. The molecule has 0 atom stereocenters. The number of hydrogen-bond acceptors (Lipinski definition) is 1. The largest absolute Gasteiger partial charge is 0.412 e. The van der Waals surface area contributed by atoms with Crippen molar-refractivity contribution in [1.82, 2.24) is 0 Å². The van der Waals surface area contributed by atoms with Crippen LogP contribution in [0, 0.1) is 0 Å². The van der Waals surface area contributed by atoms with Crippen molar-refractivity contribution in [3.63, 3.8) is 0 Å². The number of alkyl halides is 1. The van der Waals surface area contributed by atoms with Crippen molar-refractivity contribution in [3.05, 3.63) is 0 Å². The summed E-state index contributed by atoms with van der Waals surface area (Å²) in [6, 6.07) is 0. The van der Waals surface area contributed by atoms with E-state index in [0.717, 1.165) is 5.33 Å². The van der Waals surface area contributed by atoms with Gasteiger partial charge in [0.05, 0.1) is 5.60 Å². The van der Waals surface area contributed by atoms with Gasteiger partial charge in [-0.1, -0.05) is 28.8 Å². The molecule has 13 heavy (non-hydrogen) atoms. The lowest BCUT2D eigenvalue weighted by Gasteiger charge is -2.35. The van der Waals surface area contributed by atoms with Crippen LogP contribution in [0.5, 0.6) is 0 Å². The average Bonchev–Trinajstić information content (AvgIpc) is 2.33. The number of halogens is 1. The van der Waals surface area contributed by atoms with Crippen LogP contribution in [0.3, 0.4) is 0 Å². The minimum atomic E-state index is -1.35. The highest BCUT2D eigenvalue weighted by atomic mass is 79.9. The van der Waals surface area contributed by atoms with Crippen molar-refractivity contribution in [2.45, 2.75) is 57.3 Å². The standard InChI is InChI=1S/C10H21BrOSi/c1-13(2,3)12-10(8-9-11)6-4-5-7-10/h4-9H2,1-3H3. The Labute approximate surface area is 91.5 Å². The topological polar surface area (TPSA) is 9.23 Å². The molecule has 0 N–H and O–H groups in total. The zero-order chi connectivity index (χ0) is 9.95. The second kappa shape index (κ2) is 4.45. The third kappa shape index (κ3) is 3.72. The monoisotopic (exact) mass is 264 g/mol. The van der Waals surface area contributed by atoms with Crippen molar-refractivity contribution in [1.29, 1.82) is 0 Å². The minimum Gasteiger partial charge on any atom is -0.412 e. The fourth-order valence-electron chi connectivity index (χ4n) is 2.24. The van der Waals surface area contributed by atoms with Crippen LogP contribution < -0.4 is 0 Å². The van der Waals surface area contributed by atoms with Crippen LogP contribution in [-0.4, -0.2) is 19.2 Å². The van der Waals surface area contributed by atoms with Gasteiger partial charge in [-0.25, -0.2) is 0 Å². The molecule has 0 aromatic carbocycles. The molecular weight excluding hydrogens is 244 g/mol. The second-order valence-corrected chi connectivity index (χ2v) is 10.3. The maximum Gasteiger partial charge on any atom is 0.184 e. The molecule has 0 aromatic heterocycles. The summed E-state index contributed by atoms with van der Waals surface area (Å²) in [7, 11) is -1.35. The highest BCUT2D eigenvalue weighted by Gasteiger charge is 2.37. The molecule has 0 heterocycles. The third-order valence-electron chi connectivity index (χ3n) is 2.59. The van der Waals surface area contributed by atoms with E-state index in [4.69, 9.17) is 4.43 Å². The summed E-state index contributed by atoms with van der Waals surface area (Å²) in [5.74, 6) is 0. The Kier molecular flexibility index (Phi) is 4.02. The van der Waals surface area contributed by atoms with Gasteiger partial charge in [0.2, 0.25) is 0 Å². The first-order valence-corrected chi connectivity index (χ1v) is 9.77. The Bertz CT molecular complexity index is 159. The lowest BCUT2D eigenvalue weighted by atomic mass is 10.00. The Morgan fingerprint density at radius 2 is 1.77 bits per heavy atom. The van der Waals surface area contributed by atoms with E-state index >= 15 is 0 Å². The molecule has 0 unspecified atom stereocenters. The number of hydrogen-bond donors (Lipinski definition) is 0. The molecule has 3 heteroatoms. The van der Waals surface area contributed by atoms with Crippen LogP contribution in [0.25, 0.3) is 0 Å². The first kappa shape index (κ1) is 11.7. The van der Waals surface area contributed by atoms with Crippen LogP contribution in [-0.2, 0) is 4.43 Å². The van der Waals surface area contributed by atoms with E-state index in [1.807, 2.05) is 0 Å². The van der Waals surface area contributed by atoms with Crippen LogP contribution in [0.4, 0.5) is 0 Å². The SMILES string of the molecule is C[Si](C)(C)OC1(CCBr)CCCC1. The second-order valence-electron chi connectivity index (χ2n) is 5.04. The predicted octanol–water partition coefficient (Wildman–Crippen LogP) is 3.94. The molecule has 0 saturated heterocycles. The zero-order valence-corrected chi connectivity index (χ0v) is 11.6. The third-order valence-corrected chi connectivity index (χ3v) is 4.03. The van der Waals surface area contributed by atoms with Crippen LogP contribution in [0.15, 0.2) is 0 Å². The van der Waals surface area contributed by atoms with E-state index in [9.17, 15) is 0 Å². The van der Waals surface area contributed by atoms with Crippen LogP contribution in [0.2, 0.25) is 19.6 Å². The predicted molar refractivity (Wildman–Crippen MR) is 64.0 cm³/mol. The molecule has 0 radical (unpaired) electrons. The molecule has 1 aliphatic rings. The fraction of sp³-hybridized carbons (Fsp3) is 1.00. The Morgan fingerprint density at radius 3 is 2.15 bits per heavy atom. The molecule has 0 amide bonds. The molecule has 0 bridgehead atoms. The molecule has 0 aromatic rings. The maximum atomic E-state index is 6.34. The Balaban J connectivity index is 2.56. The summed E-state index contributed by atoms with van der Waals surface area (Å²) in [5, 5.41) is 1.08. The first-order valence-electron chi connectivity index (χ1n) is 5.24. The van der Waals surface area contributed by atoms with E-state index < -0.39 is 8.32 Å². The van der Waals surface area contributed by atoms with E-state index in [2.05, 4.69) is 35.6 Å². The van der Waals surface area contributed by atoms with E-state index in [-0.39, 0.29) is 5.60 Å². The molecule has 0 aliphatic heterocycles. The smallest absolute Gasteiger partial charge is 0.184 e. The Morgan fingerprint density at radius 1 is 1.23 bits per heavy atom.